The van der Waals surface area contributed by atoms with Crippen molar-refractivity contribution in [2.75, 3.05) is 20.3 Å². The molecule has 0 amide bonds. The summed E-state index contributed by atoms with van der Waals surface area (Å²) < 4.78 is 11.0. The largest absolute Gasteiger partial charge is 0.493 e. The number of nitrogens with one attached hydrogen (secondary N) is 1. The normalized spacial score (nSPS) is 16.5. The number of nitro benzene ring substituents is 1. The average Bonchev–Trinajstić information content (AvgIpc) is 2.67. The van der Waals surface area contributed by atoms with Crippen LogP contribution in [0.25, 0.3) is 0 Å². The van der Waals surface area contributed by atoms with Crippen molar-refractivity contribution in [2.24, 2.45) is 0 Å². The predicted octanol–water partition coefficient (Wildman–Crippen LogP) is 3.90. The quantitative estimate of drug-likeness (QED) is 0.365. The van der Waals surface area contributed by atoms with Crippen LogP contribution in [-0.2, 0) is 4.79 Å². The third-order valence-corrected chi connectivity index (χ3v) is 5.04. The molecule has 0 radical (unpaired) electrons. The van der Waals surface area contributed by atoms with E-state index in [-0.39, 0.29) is 17.2 Å². The van der Waals surface area contributed by atoms with Gasteiger partial charge in [-0.15, -0.1) is 0 Å². The molecule has 9 heteroatoms. The molecule has 1 atom stereocenters. The second-order valence-corrected chi connectivity index (χ2v) is 7.14. The highest BCUT2D eigenvalue weighted by atomic mass is 32.1. The monoisotopic (exact) mass is 421 g/mol. The SMILES string of the molecule is CCCOc1cc(C2NC(=S)N(CCC)C(C)=C2C(C)=O)c([N+](=O)[O-])cc1OC. The molecule has 0 aromatic heterocycles. The zero-order chi connectivity index (χ0) is 21.7. The molecule has 29 heavy (non-hydrogen) atoms. The molecule has 1 aromatic rings. The third-order valence-electron chi connectivity index (χ3n) is 4.71. The lowest BCUT2D eigenvalue weighted by atomic mass is 9.91. The van der Waals surface area contributed by atoms with E-state index in [9.17, 15) is 14.9 Å². The molecule has 1 aromatic carbocycles. The molecule has 0 fully saturated rings. The molecule has 158 valence electrons. The van der Waals surface area contributed by atoms with Gasteiger partial charge in [0.25, 0.3) is 5.69 Å². The smallest absolute Gasteiger partial charge is 0.279 e. The van der Waals surface area contributed by atoms with E-state index in [2.05, 4.69) is 5.32 Å². The van der Waals surface area contributed by atoms with Crippen molar-refractivity contribution >= 4 is 28.8 Å². The van der Waals surface area contributed by atoms with E-state index < -0.39 is 11.0 Å². The van der Waals surface area contributed by atoms with Crippen LogP contribution < -0.4 is 14.8 Å². The maximum absolute atomic E-state index is 12.5. The minimum absolute atomic E-state index is 0.165. The van der Waals surface area contributed by atoms with Crippen molar-refractivity contribution < 1.29 is 19.2 Å². The van der Waals surface area contributed by atoms with E-state index in [1.165, 1.54) is 20.1 Å². The van der Waals surface area contributed by atoms with Crippen LogP contribution in [0.15, 0.2) is 23.4 Å². The second-order valence-electron chi connectivity index (χ2n) is 6.76. The molecule has 0 saturated carbocycles. The zero-order valence-corrected chi connectivity index (χ0v) is 18.2. The number of thiocarbonyl (C=S) groups is 1. The first-order valence-corrected chi connectivity index (χ1v) is 9.96. The van der Waals surface area contributed by atoms with Crippen molar-refractivity contribution in [3.8, 4) is 11.5 Å². The van der Waals surface area contributed by atoms with Crippen LogP contribution in [0.4, 0.5) is 5.69 Å². The van der Waals surface area contributed by atoms with Crippen LogP contribution in [0.5, 0.6) is 11.5 Å². The number of hydrogen-bond donors (Lipinski definition) is 1. The summed E-state index contributed by atoms with van der Waals surface area (Å²) in [7, 11) is 1.43. The molecule has 1 aliphatic heterocycles. The van der Waals surface area contributed by atoms with Gasteiger partial charge in [-0.25, -0.2) is 0 Å². The maximum atomic E-state index is 12.5. The standard InChI is InChI=1S/C20H27N3O5S/c1-6-8-22-12(3)18(13(4)24)19(21-20(22)29)14-10-17(28-9-7-2)16(27-5)11-15(14)23(25)26/h10-11,19H,6-9H2,1-5H3,(H,21,29). The highest BCUT2D eigenvalue weighted by Gasteiger charge is 2.36. The van der Waals surface area contributed by atoms with Gasteiger partial charge in [0.15, 0.2) is 22.4 Å². The molecule has 0 saturated heterocycles. The minimum Gasteiger partial charge on any atom is -0.493 e. The van der Waals surface area contributed by atoms with Gasteiger partial charge in [-0.3, -0.25) is 14.9 Å². The number of methoxy groups -OCH3 is 1. The molecule has 1 unspecified atom stereocenters. The Labute approximate surface area is 176 Å². The van der Waals surface area contributed by atoms with Crippen molar-refractivity contribution in [2.45, 2.75) is 46.6 Å². The first kappa shape index (κ1) is 22.6. The fourth-order valence-corrected chi connectivity index (χ4v) is 3.75. The predicted molar refractivity (Wildman–Crippen MR) is 114 cm³/mol. The first-order valence-electron chi connectivity index (χ1n) is 9.55. The third kappa shape index (κ3) is 4.67. The number of carbonyl (C=O) groups is 1. The number of carbonyl (C=O) groups excluding carboxylic acids is 1. The Bertz CT molecular complexity index is 853. The number of ether oxygens (including phenoxy) is 2. The molecule has 1 aliphatic rings. The summed E-state index contributed by atoms with van der Waals surface area (Å²) in [6.07, 6.45) is 1.61. The van der Waals surface area contributed by atoms with Crippen molar-refractivity contribution in [1.82, 2.24) is 10.2 Å². The van der Waals surface area contributed by atoms with E-state index in [1.807, 2.05) is 25.7 Å². The van der Waals surface area contributed by atoms with Crippen LogP contribution in [0.3, 0.4) is 0 Å². The Balaban J connectivity index is 2.70. The second kappa shape index (κ2) is 9.69. The molecular formula is C20H27N3O5S. The molecule has 2 rings (SSSR count). The number of hydrogen-bond acceptors (Lipinski definition) is 6. The average molecular weight is 422 g/mol. The molecular weight excluding hydrogens is 394 g/mol. The van der Waals surface area contributed by atoms with Gasteiger partial charge in [-0.05, 0) is 45.0 Å². The van der Waals surface area contributed by atoms with Gasteiger partial charge in [0.2, 0.25) is 0 Å². The highest BCUT2D eigenvalue weighted by molar-refractivity contribution is 7.80. The molecule has 1 heterocycles. The van der Waals surface area contributed by atoms with E-state index in [4.69, 9.17) is 21.7 Å². The summed E-state index contributed by atoms with van der Waals surface area (Å²) in [5, 5.41) is 15.4. The van der Waals surface area contributed by atoms with Gasteiger partial charge in [-0.2, -0.15) is 0 Å². The highest BCUT2D eigenvalue weighted by Crippen LogP contribution is 2.41. The number of allylic oxidation sites excluding steroid dienone is 1. The van der Waals surface area contributed by atoms with Gasteiger partial charge in [0.1, 0.15) is 0 Å². The van der Waals surface area contributed by atoms with Gasteiger partial charge in [0, 0.05) is 17.8 Å². The summed E-state index contributed by atoms with van der Waals surface area (Å²) in [4.78, 5) is 25.7. The van der Waals surface area contributed by atoms with Crippen LogP contribution in [0.2, 0.25) is 0 Å². The van der Waals surface area contributed by atoms with Gasteiger partial charge < -0.3 is 19.7 Å². The minimum atomic E-state index is -0.747. The number of benzene rings is 1. The van der Waals surface area contributed by atoms with Crippen LogP contribution in [-0.4, -0.2) is 41.0 Å². The van der Waals surface area contributed by atoms with E-state index >= 15 is 0 Å². The fraction of sp³-hybridized carbons (Fsp3) is 0.500. The van der Waals surface area contributed by atoms with Crippen LogP contribution >= 0.6 is 12.2 Å². The van der Waals surface area contributed by atoms with E-state index in [1.54, 1.807) is 6.07 Å². The Morgan fingerprint density at radius 1 is 1.31 bits per heavy atom. The Morgan fingerprint density at radius 2 is 2.00 bits per heavy atom. The van der Waals surface area contributed by atoms with E-state index in [0.29, 0.717) is 40.8 Å². The van der Waals surface area contributed by atoms with E-state index in [0.717, 1.165) is 12.8 Å². The summed E-state index contributed by atoms with van der Waals surface area (Å²) >= 11 is 5.49. The number of Topliss-reactive ketones (excluding diaryl/α,β-unsaturated/α-hetero) is 1. The summed E-state index contributed by atoms with van der Waals surface area (Å²) in [5.41, 5.74) is 1.29. The summed E-state index contributed by atoms with van der Waals surface area (Å²) in [5.74, 6) is 0.480. The lowest BCUT2D eigenvalue weighted by Crippen LogP contribution is -2.47. The molecule has 0 aliphatic carbocycles. The maximum Gasteiger partial charge on any atom is 0.279 e. The lowest BCUT2D eigenvalue weighted by Gasteiger charge is -2.37. The fourth-order valence-electron chi connectivity index (χ4n) is 3.40. The summed E-state index contributed by atoms with van der Waals surface area (Å²) in [6.45, 7) is 8.33. The first-order chi connectivity index (χ1) is 13.8. The zero-order valence-electron chi connectivity index (χ0n) is 17.4. The molecule has 0 bridgehead atoms. The van der Waals surface area contributed by atoms with Crippen molar-refractivity contribution in [1.29, 1.82) is 0 Å². The number of nitro groups is 1. The molecule has 0 spiro atoms. The topological polar surface area (TPSA) is 93.9 Å². The van der Waals surface area contributed by atoms with Crippen LogP contribution in [0, 0.1) is 10.1 Å². The Hall–Kier alpha value is -2.68. The molecule has 8 nitrogen and oxygen atoms in total. The Morgan fingerprint density at radius 3 is 2.52 bits per heavy atom. The number of nitrogens with zero attached hydrogens (tertiary/aromatic N) is 2. The molecule has 1 N–H and O–H groups in total. The Kier molecular flexibility index (Phi) is 7.55. The van der Waals surface area contributed by atoms with Gasteiger partial charge >= 0.3 is 0 Å². The number of ketones is 1. The number of rotatable bonds is 9. The van der Waals surface area contributed by atoms with Gasteiger partial charge in [0.05, 0.1) is 36.3 Å². The summed E-state index contributed by atoms with van der Waals surface area (Å²) in [6, 6.07) is 2.15. The lowest BCUT2D eigenvalue weighted by molar-refractivity contribution is -0.385. The van der Waals surface area contributed by atoms with Gasteiger partial charge in [-0.1, -0.05) is 13.8 Å². The van der Waals surface area contributed by atoms with Crippen molar-refractivity contribution in [3.05, 3.63) is 39.1 Å². The van der Waals surface area contributed by atoms with Crippen molar-refractivity contribution in [3.63, 3.8) is 0 Å². The van der Waals surface area contributed by atoms with Crippen LogP contribution in [0.1, 0.15) is 52.1 Å².